The predicted octanol–water partition coefficient (Wildman–Crippen LogP) is 6.29. The van der Waals surface area contributed by atoms with Gasteiger partial charge in [-0.05, 0) is 67.1 Å². The molecule has 1 aromatic heterocycles. The molecule has 0 radical (unpaired) electrons. The Kier molecular flexibility index (Phi) is 5.97. The number of fused-ring (bicyclic) bond motifs is 1. The summed E-state index contributed by atoms with van der Waals surface area (Å²) in [4.78, 5) is 19.1. The highest BCUT2D eigenvalue weighted by atomic mass is 35.5. The van der Waals surface area contributed by atoms with E-state index in [1.54, 1.807) is 36.8 Å². The van der Waals surface area contributed by atoms with Crippen LogP contribution in [0.4, 0.5) is 10.7 Å². The Bertz CT molecular complexity index is 1070. The van der Waals surface area contributed by atoms with Crippen LogP contribution < -0.4 is 10.1 Å². The van der Waals surface area contributed by atoms with E-state index in [1.807, 2.05) is 36.4 Å². The number of carbonyl (C=O) groups excluding carboxylic acids is 1. The zero-order valence-corrected chi connectivity index (χ0v) is 17.6. The maximum absolute atomic E-state index is 13.1. The lowest BCUT2D eigenvalue weighted by atomic mass is 9.95. The van der Waals surface area contributed by atoms with E-state index in [0.717, 1.165) is 47.6 Å². The van der Waals surface area contributed by atoms with Gasteiger partial charge in [-0.1, -0.05) is 29.8 Å². The molecule has 0 spiro atoms. The zero-order valence-electron chi connectivity index (χ0n) is 16.1. The van der Waals surface area contributed by atoms with Crippen molar-refractivity contribution in [1.82, 2.24) is 0 Å². The Morgan fingerprint density at radius 1 is 1.17 bits per heavy atom. The Balaban J connectivity index is 1.67. The van der Waals surface area contributed by atoms with Crippen LogP contribution in [0.3, 0.4) is 0 Å². The largest absolute Gasteiger partial charge is 0.497 e. The Hall–Kier alpha value is -2.63. The minimum atomic E-state index is -0.135. The van der Waals surface area contributed by atoms with Gasteiger partial charge in [-0.25, -0.2) is 4.99 Å². The number of benzene rings is 2. The molecule has 0 saturated carbocycles. The second-order valence-corrected chi connectivity index (χ2v) is 8.41. The number of ether oxygens (including phenoxy) is 1. The number of methoxy groups -OCH3 is 1. The van der Waals surface area contributed by atoms with Gasteiger partial charge in [-0.3, -0.25) is 4.79 Å². The Labute approximate surface area is 179 Å². The van der Waals surface area contributed by atoms with Gasteiger partial charge < -0.3 is 10.1 Å². The molecule has 0 aliphatic heterocycles. The molecule has 4 rings (SSSR count). The van der Waals surface area contributed by atoms with E-state index in [9.17, 15) is 4.79 Å². The van der Waals surface area contributed by atoms with Crippen molar-refractivity contribution in [2.75, 3.05) is 12.4 Å². The van der Waals surface area contributed by atoms with Crippen molar-refractivity contribution in [3.8, 4) is 5.75 Å². The maximum atomic E-state index is 13.1. The summed E-state index contributed by atoms with van der Waals surface area (Å²) in [6, 6.07) is 14.9. The monoisotopic (exact) mass is 424 g/mol. The van der Waals surface area contributed by atoms with E-state index in [1.165, 1.54) is 4.88 Å². The lowest BCUT2D eigenvalue weighted by Gasteiger charge is -2.13. The number of nitrogens with zero attached hydrogens (tertiary/aromatic N) is 1. The van der Waals surface area contributed by atoms with Gasteiger partial charge in [-0.15, -0.1) is 11.3 Å². The Morgan fingerprint density at radius 3 is 2.83 bits per heavy atom. The molecule has 2 aromatic carbocycles. The minimum absolute atomic E-state index is 0.135. The van der Waals surface area contributed by atoms with Crippen LogP contribution in [0.15, 0.2) is 53.5 Å². The highest BCUT2D eigenvalue weighted by molar-refractivity contribution is 7.16. The number of thiophene rings is 1. The number of hydrogen-bond acceptors (Lipinski definition) is 4. The lowest BCUT2D eigenvalue weighted by molar-refractivity contribution is 0.102. The van der Waals surface area contributed by atoms with Gasteiger partial charge in [0.25, 0.3) is 5.91 Å². The number of anilines is 1. The molecule has 29 heavy (non-hydrogen) atoms. The molecule has 0 fully saturated rings. The van der Waals surface area contributed by atoms with Gasteiger partial charge in [0, 0.05) is 21.8 Å². The highest BCUT2D eigenvalue weighted by Gasteiger charge is 2.25. The number of aryl methyl sites for hydroxylation is 1. The first kappa shape index (κ1) is 19.7. The first-order valence-electron chi connectivity index (χ1n) is 9.53. The molecule has 4 nitrogen and oxygen atoms in total. The molecule has 3 aromatic rings. The Morgan fingerprint density at radius 2 is 2.00 bits per heavy atom. The van der Waals surface area contributed by atoms with Crippen molar-refractivity contribution in [1.29, 1.82) is 0 Å². The van der Waals surface area contributed by atoms with Crippen LogP contribution in [0.2, 0.25) is 5.02 Å². The van der Waals surface area contributed by atoms with Gasteiger partial charge in [0.05, 0.1) is 12.7 Å². The van der Waals surface area contributed by atoms with Gasteiger partial charge in [0.2, 0.25) is 0 Å². The fourth-order valence-corrected chi connectivity index (χ4v) is 4.91. The summed E-state index contributed by atoms with van der Waals surface area (Å²) in [5.74, 6) is 0.641. The van der Waals surface area contributed by atoms with E-state index in [0.29, 0.717) is 16.3 Å². The number of hydrogen-bond donors (Lipinski definition) is 1. The molecule has 0 bridgehead atoms. The molecule has 1 aliphatic rings. The first-order valence-corrected chi connectivity index (χ1v) is 10.7. The third-order valence-corrected chi connectivity index (χ3v) is 6.32. The topological polar surface area (TPSA) is 50.7 Å². The van der Waals surface area contributed by atoms with Gasteiger partial charge in [0.15, 0.2) is 0 Å². The van der Waals surface area contributed by atoms with Crippen LogP contribution >= 0.6 is 22.9 Å². The maximum Gasteiger partial charge on any atom is 0.259 e. The highest BCUT2D eigenvalue weighted by Crippen LogP contribution is 2.40. The number of halogens is 1. The van der Waals surface area contributed by atoms with Crippen LogP contribution in [0.25, 0.3) is 0 Å². The normalized spacial score (nSPS) is 13.3. The molecule has 0 atom stereocenters. The van der Waals surface area contributed by atoms with Gasteiger partial charge in [0.1, 0.15) is 10.8 Å². The van der Waals surface area contributed by atoms with E-state index in [2.05, 4.69) is 10.3 Å². The summed E-state index contributed by atoms with van der Waals surface area (Å²) in [6.07, 6.45) is 5.96. The molecule has 148 valence electrons. The molecule has 6 heteroatoms. The van der Waals surface area contributed by atoms with E-state index < -0.39 is 0 Å². The summed E-state index contributed by atoms with van der Waals surface area (Å²) < 4.78 is 5.28. The molecular formula is C23H21ClN2O2S. The predicted molar refractivity (Wildman–Crippen MR) is 121 cm³/mol. The second kappa shape index (κ2) is 8.80. The SMILES string of the molecule is COc1cccc(/C=N/c2sc3c(c2C(=O)Nc2cccc(Cl)c2)CCCC3)c1. The van der Waals surface area contributed by atoms with Crippen LogP contribution in [0.1, 0.15) is 39.2 Å². The number of carbonyl (C=O) groups is 1. The van der Waals surface area contributed by atoms with Crippen LogP contribution in [0.5, 0.6) is 5.75 Å². The second-order valence-electron chi connectivity index (χ2n) is 6.89. The smallest absolute Gasteiger partial charge is 0.259 e. The molecule has 0 unspecified atom stereocenters. The number of nitrogens with one attached hydrogen (secondary N) is 1. The van der Waals surface area contributed by atoms with E-state index >= 15 is 0 Å². The first-order chi connectivity index (χ1) is 14.1. The zero-order chi connectivity index (χ0) is 20.2. The molecule has 1 heterocycles. The van der Waals surface area contributed by atoms with Crippen molar-refractivity contribution >= 4 is 45.7 Å². The number of aliphatic imine (C=N–C) groups is 1. The summed E-state index contributed by atoms with van der Waals surface area (Å²) in [6.45, 7) is 0. The van der Waals surface area contributed by atoms with E-state index in [4.69, 9.17) is 16.3 Å². The molecular weight excluding hydrogens is 404 g/mol. The molecule has 1 N–H and O–H groups in total. The number of rotatable bonds is 5. The average Bonchev–Trinajstić information content (AvgIpc) is 3.11. The molecule has 1 aliphatic carbocycles. The molecule has 1 amide bonds. The van der Waals surface area contributed by atoms with E-state index in [-0.39, 0.29) is 5.91 Å². The van der Waals surface area contributed by atoms with Crippen molar-refractivity contribution in [3.63, 3.8) is 0 Å². The average molecular weight is 425 g/mol. The van der Waals surface area contributed by atoms with Crippen LogP contribution in [0, 0.1) is 0 Å². The quantitative estimate of drug-likeness (QED) is 0.489. The fraction of sp³-hybridized carbons (Fsp3) is 0.217. The molecule has 0 saturated heterocycles. The van der Waals surface area contributed by atoms with Crippen LogP contribution in [-0.4, -0.2) is 19.2 Å². The van der Waals surface area contributed by atoms with Crippen molar-refractivity contribution in [2.24, 2.45) is 4.99 Å². The van der Waals surface area contributed by atoms with Crippen molar-refractivity contribution < 1.29 is 9.53 Å². The minimum Gasteiger partial charge on any atom is -0.497 e. The van der Waals surface area contributed by atoms with Crippen LogP contribution in [-0.2, 0) is 12.8 Å². The summed E-state index contributed by atoms with van der Waals surface area (Å²) in [5.41, 5.74) is 3.43. The van der Waals surface area contributed by atoms with Gasteiger partial charge in [-0.2, -0.15) is 0 Å². The summed E-state index contributed by atoms with van der Waals surface area (Å²) >= 11 is 7.68. The third-order valence-electron chi connectivity index (χ3n) is 4.89. The van der Waals surface area contributed by atoms with Gasteiger partial charge >= 0.3 is 0 Å². The summed E-state index contributed by atoms with van der Waals surface area (Å²) in [7, 11) is 1.64. The number of amides is 1. The summed E-state index contributed by atoms with van der Waals surface area (Å²) in [5, 5.41) is 4.32. The van der Waals surface area contributed by atoms with Crippen molar-refractivity contribution in [2.45, 2.75) is 25.7 Å². The standard InChI is InChI=1S/C23H21ClN2O2S/c1-28-18-9-4-6-15(12-18)14-25-23-21(19-10-2-3-11-20(19)29-23)22(27)26-17-8-5-7-16(24)13-17/h4-9,12-14H,2-3,10-11H2,1H3,(H,26,27)/b25-14+. The third kappa shape index (κ3) is 4.52. The fourth-order valence-electron chi connectivity index (χ4n) is 3.49. The lowest BCUT2D eigenvalue weighted by Crippen LogP contribution is -2.14. The van der Waals surface area contributed by atoms with Crippen molar-refractivity contribution in [3.05, 3.63) is 75.1 Å².